The monoisotopic (exact) mass is 1600 g/mol. The van der Waals surface area contributed by atoms with E-state index in [0.29, 0.717) is 51.9 Å². The molecular formula is C104H100N4O12. The molecule has 0 saturated carbocycles. The van der Waals surface area contributed by atoms with Crippen LogP contribution in [-0.2, 0) is 79.0 Å². The number of amides is 4. The maximum Gasteiger partial charge on any atom is 0.328 e. The number of carbonyl (C=O) groups is 8. The molecule has 12 aromatic rings. The molecule has 0 N–H and O–H groups in total. The first-order valence-electron chi connectivity index (χ1n) is 41.0. The third-order valence-electron chi connectivity index (χ3n) is 23.7. The van der Waals surface area contributed by atoms with E-state index in [1.54, 1.807) is 19.6 Å². The molecule has 0 unspecified atom stereocenters. The van der Waals surface area contributed by atoms with Crippen LogP contribution in [0, 0.1) is 0 Å². The molecule has 4 heterocycles. The standard InChI is InChI=1S/4C26H25NO3/c4*1-30-24(28)23-18-11-19-27(23)25(29)26(20-12-5-2-6-13-20,21-14-7-3-8-15-21)22-16-9-4-10-17-22/h4*2-10,12-17,23H,11,18-19H2,1H3/t4*23-/m0000/s1. The van der Waals surface area contributed by atoms with Crippen LogP contribution in [0.5, 0.6) is 0 Å². The van der Waals surface area contributed by atoms with Crippen LogP contribution in [0.1, 0.15) is 118 Å². The lowest BCUT2D eigenvalue weighted by Crippen LogP contribution is -2.52. The van der Waals surface area contributed by atoms with Crippen LogP contribution in [0.4, 0.5) is 0 Å². The van der Waals surface area contributed by atoms with Crippen molar-refractivity contribution in [3.05, 3.63) is 431 Å². The first-order chi connectivity index (χ1) is 58.8. The first kappa shape index (κ1) is 84.3. The summed E-state index contributed by atoms with van der Waals surface area (Å²) < 4.78 is 20.0. The fourth-order valence-corrected chi connectivity index (χ4v) is 18.2. The third-order valence-corrected chi connectivity index (χ3v) is 23.7. The second-order valence-electron chi connectivity index (χ2n) is 30.1. The van der Waals surface area contributed by atoms with Gasteiger partial charge in [0.1, 0.15) is 45.8 Å². The summed E-state index contributed by atoms with van der Waals surface area (Å²) in [6.45, 7) is 2.14. The van der Waals surface area contributed by atoms with E-state index in [4.69, 9.17) is 18.9 Å². The number of ether oxygens (including phenoxy) is 4. The quantitative estimate of drug-likeness (QED) is 0.0400. The number of rotatable bonds is 20. The van der Waals surface area contributed by atoms with E-state index in [2.05, 4.69) is 0 Å². The Labute approximate surface area is 703 Å². The summed E-state index contributed by atoms with van der Waals surface area (Å²) in [4.78, 5) is 114. The van der Waals surface area contributed by atoms with Gasteiger partial charge in [0, 0.05) is 26.2 Å². The van der Waals surface area contributed by atoms with Crippen LogP contribution < -0.4 is 0 Å². The van der Waals surface area contributed by atoms with Crippen molar-refractivity contribution in [2.24, 2.45) is 0 Å². The van der Waals surface area contributed by atoms with Crippen molar-refractivity contribution in [1.29, 1.82) is 0 Å². The fraction of sp³-hybridized carbons (Fsp3) is 0.231. The molecule has 16 nitrogen and oxygen atoms in total. The highest BCUT2D eigenvalue weighted by Crippen LogP contribution is 2.48. The molecule has 0 aliphatic carbocycles. The Balaban J connectivity index is 0.000000138. The summed E-state index contributed by atoms with van der Waals surface area (Å²) in [6.07, 6.45) is 5.58. The second kappa shape index (κ2) is 39.6. The van der Waals surface area contributed by atoms with Gasteiger partial charge >= 0.3 is 23.9 Å². The van der Waals surface area contributed by atoms with Crippen molar-refractivity contribution in [1.82, 2.24) is 19.6 Å². The molecule has 0 bridgehead atoms. The number of likely N-dealkylation sites (tertiary alicyclic amines) is 4. The summed E-state index contributed by atoms with van der Waals surface area (Å²) in [5.74, 6) is -1.82. The van der Waals surface area contributed by atoms with Gasteiger partial charge in [0.2, 0.25) is 23.6 Å². The van der Waals surface area contributed by atoms with E-state index in [-0.39, 0.29) is 47.5 Å². The minimum atomic E-state index is -1.06. The zero-order valence-electron chi connectivity index (χ0n) is 68.1. The van der Waals surface area contributed by atoms with Gasteiger partial charge in [-0.25, -0.2) is 19.2 Å². The summed E-state index contributed by atoms with van der Waals surface area (Å²) >= 11 is 0. The highest BCUT2D eigenvalue weighted by molar-refractivity contribution is 6.02. The van der Waals surface area contributed by atoms with Crippen LogP contribution in [0.25, 0.3) is 0 Å². The largest absolute Gasteiger partial charge is 0.467 e. The smallest absolute Gasteiger partial charge is 0.328 e. The molecule has 0 spiro atoms. The van der Waals surface area contributed by atoms with Gasteiger partial charge in [0.05, 0.1) is 28.4 Å². The number of nitrogens with zero attached hydrogens (tertiary/aromatic N) is 4. The van der Waals surface area contributed by atoms with Crippen molar-refractivity contribution in [3.63, 3.8) is 0 Å². The van der Waals surface area contributed by atoms with Gasteiger partial charge in [-0.3, -0.25) is 19.2 Å². The lowest BCUT2D eigenvalue weighted by Gasteiger charge is -2.39. The lowest BCUT2D eigenvalue weighted by atomic mass is 9.68. The molecule has 4 fully saturated rings. The van der Waals surface area contributed by atoms with Gasteiger partial charge < -0.3 is 38.5 Å². The Morgan fingerprint density at radius 1 is 0.200 bits per heavy atom. The Bertz CT molecular complexity index is 4300. The van der Waals surface area contributed by atoms with E-state index >= 15 is 0 Å². The van der Waals surface area contributed by atoms with Crippen molar-refractivity contribution in [2.75, 3.05) is 54.6 Å². The number of benzene rings is 12. The molecule has 608 valence electrons. The number of hydrogen-bond acceptors (Lipinski definition) is 12. The van der Waals surface area contributed by atoms with Gasteiger partial charge in [0.25, 0.3) is 0 Å². The van der Waals surface area contributed by atoms with E-state index in [0.717, 1.165) is 92.4 Å². The average Bonchev–Trinajstić information content (AvgIpc) is 1.14. The second-order valence-corrected chi connectivity index (χ2v) is 30.1. The predicted octanol–water partition coefficient (Wildman–Crippen LogP) is 16.7. The van der Waals surface area contributed by atoms with Gasteiger partial charge in [0.15, 0.2) is 0 Å². The first-order valence-corrected chi connectivity index (χ1v) is 41.0. The Kier molecular flexibility index (Phi) is 27.8. The van der Waals surface area contributed by atoms with Crippen molar-refractivity contribution < 1.29 is 57.3 Å². The topological polar surface area (TPSA) is 186 Å². The predicted molar refractivity (Wildman–Crippen MR) is 464 cm³/mol. The molecular weight excluding hydrogens is 1500 g/mol. The minimum Gasteiger partial charge on any atom is -0.467 e. The molecule has 16 rings (SSSR count). The van der Waals surface area contributed by atoms with Crippen LogP contribution in [0.15, 0.2) is 364 Å². The van der Waals surface area contributed by atoms with Crippen molar-refractivity contribution in [3.8, 4) is 0 Å². The zero-order chi connectivity index (χ0) is 83.9. The summed E-state index contributed by atoms with van der Waals surface area (Å²) in [5, 5.41) is 0. The summed E-state index contributed by atoms with van der Waals surface area (Å²) in [7, 11) is 5.51. The minimum absolute atomic E-state index is 0.0981. The number of hydrogen-bond donors (Lipinski definition) is 0. The van der Waals surface area contributed by atoms with Gasteiger partial charge in [-0.15, -0.1) is 0 Å². The van der Waals surface area contributed by atoms with Crippen LogP contribution in [0.2, 0.25) is 0 Å². The molecule has 120 heavy (non-hydrogen) atoms. The average molecular weight is 1600 g/mol. The highest BCUT2D eigenvalue weighted by atomic mass is 16.5. The maximum atomic E-state index is 14.4. The molecule has 12 aromatic carbocycles. The Hall–Kier alpha value is -13.6. The fourth-order valence-electron chi connectivity index (χ4n) is 18.2. The number of carbonyl (C=O) groups excluding carboxylic acids is 8. The lowest BCUT2D eigenvalue weighted by molar-refractivity contribution is -0.152. The molecule has 4 atom stereocenters. The van der Waals surface area contributed by atoms with E-state index in [1.807, 2.05) is 364 Å². The van der Waals surface area contributed by atoms with E-state index in [1.165, 1.54) is 28.4 Å². The van der Waals surface area contributed by atoms with Crippen molar-refractivity contribution in [2.45, 2.75) is 97.2 Å². The zero-order valence-corrected chi connectivity index (χ0v) is 68.1. The Morgan fingerprint density at radius 3 is 0.408 bits per heavy atom. The maximum absolute atomic E-state index is 14.4. The van der Waals surface area contributed by atoms with Gasteiger partial charge in [-0.2, -0.15) is 0 Å². The van der Waals surface area contributed by atoms with E-state index in [9.17, 15) is 38.4 Å². The number of esters is 4. The highest BCUT2D eigenvalue weighted by Gasteiger charge is 2.55. The molecule has 4 aliphatic rings. The molecule has 0 radical (unpaired) electrons. The SMILES string of the molecule is COC(=O)[C@@H]1CCCN1C(=O)C(c1ccccc1)(c1ccccc1)c1ccccc1.COC(=O)[C@@H]1CCCN1C(=O)C(c1ccccc1)(c1ccccc1)c1ccccc1.COC(=O)[C@@H]1CCCN1C(=O)C(c1ccccc1)(c1ccccc1)c1ccccc1.COC(=O)[C@@H]1CCCN1C(=O)C(c1ccccc1)(c1ccccc1)c1ccccc1. The molecule has 16 heteroatoms. The summed E-state index contributed by atoms with van der Waals surface area (Å²) in [5.41, 5.74) is 6.31. The number of methoxy groups -OCH3 is 4. The Morgan fingerprint density at radius 2 is 0.308 bits per heavy atom. The van der Waals surface area contributed by atoms with Crippen LogP contribution >= 0.6 is 0 Å². The summed E-state index contributed by atoms with van der Waals surface area (Å²) in [6, 6.07) is 116. The van der Waals surface area contributed by atoms with Gasteiger partial charge in [-0.1, -0.05) is 364 Å². The van der Waals surface area contributed by atoms with E-state index < -0.39 is 45.8 Å². The molecule has 4 aliphatic heterocycles. The van der Waals surface area contributed by atoms with Crippen LogP contribution in [0.3, 0.4) is 0 Å². The van der Waals surface area contributed by atoms with Crippen LogP contribution in [-0.4, -0.2) is 146 Å². The van der Waals surface area contributed by atoms with Crippen molar-refractivity contribution >= 4 is 47.5 Å². The molecule has 4 saturated heterocycles. The third kappa shape index (κ3) is 16.7. The molecule has 0 aromatic heterocycles. The molecule has 4 amide bonds. The van der Waals surface area contributed by atoms with Gasteiger partial charge in [-0.05, 0) is 118 Å². The normalized spacial score (nSPS) is 16.3.